The molecule has 2 rings (SSSR count). The molecular formula is C15H12FNO. The summed E-state index contributed by atoms with van der Waals surface area (Å²) in [4.78, 5) is 0. The summed E-state index contributed by atoms with van der Waals surface area (Å²) in [5.41, 5.74) is 1.41. The Balaban J connectivity index is 2.26. The molecule has 18 heavy (non-hydrogen) atoms. The smallest absolute Gasteiger partial charge is 0.167 e. The van der Waals surface area contributed by atoms with Gasteiger partial charge in [0, 0.05) is 0 Å². The lowest BCUT2D eigenvalue weighted by Crippen LogP contribution is -1.90. The summed E-state index contributed by atoms with van der Waals surface area (Å²) >= 11 is 0. The van der Waals surface area contributed by atoms with E-state index in [1.165, 1.54) is 18.2 Å². The summed E-state index contributed by atoms with van der Waals surface area (Å²) in [5.74, 6) is 0.191. The molecule has 0 amide bonds. The fourth-order valence-corrected chi connectivity index (χ4v) is 1.61. The van der Waals surface area contributed by atoms with Gasteiger partial charge >= 0.3 is 0 Å². The average Bonchev–Trinajstić information content (AvgIpc) is 2.41. The molecule has 0 aliphatic carbocycles. The molecule has 0 aliphatic heterocycles. The first-order chi connectivity index (χ1) is 8.72. The van der Waals surface area contributed by atoms with E-state index in [1.807, 2.05) is 31.2 Å². The Kier molecular flexibility index (Phi) is 3.59. The monoisotopic (exact) mass is 241 g/mol. The highest BCUT2D eigenvalue weighted by Gasteiger charge is 2.06. The van der Waals surface area contributed by atoms with E-state index >= 15 is 0 Å². The van der Waals surface area contributed by atoms with Gasteiger partial charge in [-0.25, -0.2) is 4.39 Å². The standard InChI is InChI=1S/C15H12FNO/c1-2-11-4-3-5-13(8-11)18-15-7-6-12(10-17)9-14(15)16/h3-9H,2H2,1H3. The van der Waals surface area contributed by atoms with Crippen LogP contribution in [0.25, 0.3) is 0 Å². The van der Waals surface area contributed by atoms with Crippen LogP contribution < -0.4 is 4.74 Å². The summed E-state index contributed by atoms with van der Waals surface area (Å²) in [6, 6.07) is 13.5. The predicted octanol–water partition coefficient (Wildman–Crippen LogP) is 4.05. The lowest BCUT2D eigenvalue weighted by molar-refractivity contribution is 0.441. The van der Waals surface area contributed by atoms with Gasteiger partial charge < -0.3 is 4.74 Å². The van der Waals surface area contributed by atoms with Gasteiger partial charge in [-0.1, -0.05) is 19.1 Å². The van der Waals surface area contributed by atoms with Crippen LogP contribution in [0.15, 0.2) is 42.5 Å². The lowest BCUT2D eigenvalue weighted by Gasteiger charge is -2.08. The molecule has 0 saturated heterocycles. The first-order valence-corrected chi connectivity index (χ1v) is 5.69. The molecule has 0 atom stereocenters. The van der Waals surface area contributed by atoms with E-state index in [0.29, 0.717) is 5.75 Å². The van der Waals surface area contributed by atoms with Crippen molar-refractivity contribution in [2.24, 2.45) is 0 Å². The van der Waals surface area contributed by atoms with Crippen LogP contribution in [-0.4, -0.2) is 0 Å². The van der Waals surface area contributed by atoms with E-state index in [9.17, 15) is 4.39 Å². The van der Waals surface area contributed by atoms with Crippen LogP contribution in [0.5, 0.6) is 11.5 Å². The molecule has 2 nitrogen and oxygen atoms in total. The van der Waals surface area contributed by atoms with Crippen molar-refractivity contribution in [1.82, 2.24) is 0 Å². The molecule has 0 spiro atoms. The second-order valence-electron chi connectivity index (χ2n) is 3.86. The van der Waals surface area contributed by atoms with Crippen molar-refractivity contribution in [3.8, 4) is 17.6 Å². The minimum absolute atomic E-state index is 0.127. The van der Waals surface area contributed by atoms with Crippen molar-refractivity contribution in [3.05, 3.63) is 59.4 Å². The number of nitrogens with zero attached hydrogens (tertiary/aromatic N) is 1. The SMILES string of the molecule is CCc1cccc(Oc2ccc(C#N)cc2F)c1. The van der Waals surface area contributed by atoms with Gasteiger partial charge in [0.05, 0.1) is 11.6 Å². The number of hydrogen-bond acceptors (Lipinski definition) is 2. The van der Waals surface area contributed by atoms with Crippen LogP contribution in [0.2, 0.25) is 0 Å². The van der Waals surface area contributed by atoms with Gasteiger partial charge in [0.2, 0.25) is 0 Å². The molecule has 0 fully saturated rings. The van der Waals surface area contributed by atoms with Gasteiger partial charge in [0.15, 0.2) is 11.6 Å². The highest BCUT2D eigenvalue weighted by Crippen LogP contribution is 2.25. The van der Waals surface area contributed by atoms with E-state index in [4.69, 9.17) is 10.00 Å². The number of aryl methyl sites for hydroxylation is 1. The zero-order valence-electron chi connectivity index (χ0n) is 9.98. The molecule has 0 bridgehead atoms. The van der Waals surface area contributed by atoms with E-state index in [0.717, 1.165) is 12.0 Å². The van der Waals surface area contributed by atoms with Crippen molar-refractivity contribution < 1.29 is 9.13 Å². The quantitative estimate of drug-likeness (QED) is 0.812. The van der Waals surface area contributed by atoms with E-state index in [1.54, 1.807) is 6.07 Å². The number of halogens is 1. The van der Waals surface area contributed by atoms with Crippen LogP contribution in [0.4, 0.5) is 4.39 Å². The molecule has 90 valence electrons. The number of benzene rings is 2. The van der Waals surface area contributed by atoms with Crippen LogP contribution >= 0.6 is 0 Å². The molecule has 3 heteroatoms. The largest absolute Gasteiger partial charge is 0.454 e. The number of nitriles is 1. The summed E-state index contributed by atoms with van der Waals surface area (Å²) in [6.07, 6.45) is 0.896. The third-order valence-electron chi connectivity index (χ3n) is 2.60. The summed E-state index contributed by atoms with van der Waals surface area (Å²) in [5, 5.41) is 8.65. The molecule has 0 aromatic heterocycles. The zero-order valence-corrected chi connectivity index (χ0v) is 9.98. The highest BCUT2D eigenvalue weighted by molar-refractivity contribution is 5.39. The van der Waals surface area contributed by atoms with Crippen LogP contribution in [0.3, 0.4) is 0 Å². The zero-order chi connectivity index (χ0) is 13.0. The summed E-state index contributed by atoms with van der Waals surface area (Å²) in [7, 11) is 0. The Morgan fingerprint density at radius 3 is 2.72 bits per heavy atom. The fourth-order valence-electron chi connectivity index (χ4n) is 1.61. The maximum absolute atomic E-state index is 13.6. The molecule has 0 radical (unpaired) electrons. The van der Waals surface area contributed by atoms with Gasteiger partial charge in [0.1, 0.15) is 5.75 Å². The maximum Gasteiger partial charge on any atom is 0.167 e. The Bertz CT molecular complexity index is 602. The Morgan fingerprint density at radius 2 is 2.06 bits per heavy atom. The molecule has 0 heterocycles. The molecule has 0 unspecified atom stereocenters. The minimum Gasteiger partial charge on any atom is -0.454 e. The van der Waals surface area contributed by atoms with Gasteiger partial charge in [-0.2, -0.15) is 5.26 Å². The molecule has 0 N–H and O–H groups in total. The normalized spacial score (nSPS) is 9.83. The summed E-state index contributed by atoms with van der Waals surface area (Å²) in [6.45, 7) is 2.04. The molecule has 2 aromatic carbocycles. The van der Waals surface area contributed by atoms with Crippen LogP contribution in [-0.2, 0) is 6.42 Å². The average molecular weight is 241 g/mol. The van der Waals surface area contributed by atoms with E-state index in [-0.39, 0.29) is 11.3 Å². The molecular weight excluding hydrogens is 229 g/mol. The first kappa shape index (κ1) is 12.1. The highest BCUT2D eigenvalue weighted by atomic mass is 19.1. The van der Waals surface area contributed by atoms with Gasteiger partial charge in [-0.15, -0.1) is 0 Å². The second-order valence-corrected chi connectivity index (χ2v) is 3.86. The van der Waals surface area contributed by atoms with Gasteiger partial charge in [0.25, 0.3) is 0 Å². The van der Waals surface area contributed by atoms with E-state index in [2.05, 4.69) is 0 Å². The molecule has 0 aliphatic rings. The molecule has 0 saturated carbocycles. The third-order valence-corrected chi connectivity index (χ3v) is 2.60. The molecule has 2 aromatic rings. The van der Waals surface area contributed by atoms with Crippen molar-refractivity contribution in [2.45, 2.75) is 13.3 Å². The van der Waals surface area contributed by atoms with Gasteiger partial charge in [-0.05, 0) is 42.3 Å². The Morgan fingerprint density at radius 1 is 1.22 bits per heavy atom. The first-order valence-electron chi connectivity index (χ1n) is 5.69. The predicted molar refractivity (Wildman–Crippen MR) is 67.0 cm³/mol. The Labute approximate surface area is 105 Å². The van der Waals surface area contributed by atoms with Crippen molar-refractivity contribution >= 4 is 0 Å². The van der Waals surface area contributed by atoms with Crippen molar-refractivity contribution in [3.63, 3.8) is 0 Å². The van der Waals surface area contributed by atoms with Crippen LogP contribution in [0, 0.1) is 17.1 Å². The topological polar surface area (TPSA) is 33.0 Å². The number of hydrogen-bond donors (Lipinski definition) is 0. The summed E-state index contributed by atoms with van der Waals surface area (Å²) < 4.78 is 19.1. The third kappa shape index (κ3) is 2.67. The minimum atomic E-state index is -0.532. The maximum atomic E-state index is 13.6. The van der Waals surface area contributed by atoms with Crippen molar-refractivity contribution in [1.29, 1.82) is 5.26 Å². The van der Waals surface area contributed by atoms with E-state index < -0.39 is 5.82 Å². The number of rotatable bonds is 3. The van der Waals surface area contributed by atoms with Crippen LogP contribution in [0.1, 0.15) is 18.1 Å². The number of ether oxygens (including phenoxy) is 1. The van der Waals surface area contributed by atoms with Gasteiger partial charge in [-0.3, -0.25) is 0 Å². The Hall–Kier alpha value is -2.34. The fraction of sp³-hybridized carbons (Fsp3) is 0.133. The lowest BCUT2D eigenvalue weighted by atomic mass is 10.1. The second kappa shape index (κ2) is 5.33. The van der Waals surface area contributed by atoms with Crippen molar-refractivity contribution in [2.75, 3.05) is 0 Å².